The zero-order chi connectivity index (χ0) is 32.1. The largest absolute Gasteiger partial charge is 0.507 e. The lowest BCUT2D eigenvalue weighted by molar-refractivity contribution is -0.145. The van der Waals surface area contributed by atoms with Gasteiger partial charge in [-0.15, -0.1) is 23.2 Å². The highest BCUT2D eigenvalue weighted by atomic mass is 35.5. The maximum atomic E-state index is 14.5. The number of aromatic hydroxyl groups is 1. The number of anilines is 1. The molecule has 1 N–H and O–H groups in total. The molecule has 2 saturated heterocycles. The maximum Gasteiger partial charge on any atom is 0.258 e. The number of allylic oxidation sites excluding steroid dienone is 2. The minimum absolute atomic E-state index is 0.0568. The van der Waals surface area contributed by atoms with Gasteiger partial charge in [-0.1, -0.05) is 11.6 Å². The van der Waals surface area contributed by atoms with Crippen molar-refractivity contribution in [1.29, 1.82) is 0 Å². The average Bonchev–Trinajstić information content (AvgIpc) is 3.31. The fraction of sp³-hybridized carbons (Fsp3) is 0.438. The molecule has 1 saturated carbocycles. The van der Waals surface area contributed by atoms with E-state index in [0.717, 1.165) is 17.0 Å². The molecule has 232 valence electrons. The van der Waals surface area contributed by atoms with Gasteiger partial charge in [0.15, 0.2) is 9.75 Å². The molecule has 12 heteroatoms. The molecular formula is C32H31Cl2FN2O7. The Labute approximate surface area is 263 Å². The molecule has 6 unspecified atom stereocenters. The summed E-state index contributed by atoms with van der Waals surface area (Å²) >= 11 is 14.7. The predicted molar refractivity (Wildman–Crippen MR) is 159 cm³/mol. The second-order valence-electron chi connectivity index (χ2n) is 12.7. The first-order valence-corrected chi connectivity index (χ1v) is 14.9. The molecule has 2 aliphatic heterocycles. The van der Waals surface area contributed by atoms with E-state index in [1.165, 1.54) is 43.4 Å². The van der Waals surface area contributed by atoms with Crippen LogP contribution in [0.4, 0.5) is 10.1 Å². The number of rotatable bonds is 4. The molecule has 9 nitrogen and oxygen atoms in total. The van der Waals surface area contributed by atoms with E-state index in [4.69, 9.17) is 32.7 Å². The van der Waals surface area contributed by atoms with Crippen molar-refractivity contribution in [3.8, 4) is 17.2 Å². The molecule has 4 amide bonds. The molecule has 0 spiro atoms. The van der Waals surface area contributed by atoms with Crippen molar-refractivity contribution in [1.82, 2.24) is 4.90 Å². The molecule has 2 aromatic rings. The first-order valence-electron chi connectivity index (χ1n) is 14.2. The van der Waals surface area contributed by atoms with Gasteiger partial charge in [-0.25, -0.2) is 9.29 Å². The van der Waals surface area contributed by atoms with Gasteiger partial charge in [-0.3, -0.25) is 24.1 Å². The molecular weight excluding hydrogens is 614 g/mol. The molecule has 44 heavy (non-hydrogen) atoms. The van der Waals surface area contributed by atoms with Gasteiger partial charge in [0.2, 0.25) is 11.8 Å². The maximum absolute atomic E-state index is 14.5. The lowest BCUT2D eigenvalue weighted by Gasteiger charge is -2.51. The number of alkyl halides is 2. The van der Waals surface area contributed by atoms with Crippen LogP contribution in [0.25, 0.3) is 0 Å². The number of ether oxygens (including phenoxy) is 2. The number of nitrogens with zero attached hydrogens (tertiary/aromatic N) is 2. The predicted octanol–water partition coefficient (Wildman–Crippen LogP) is 4.91. The minimum atomic E-state index is -2.22. The van der Waals surface area contributed by atoms with Crippen LogP contribution < -0.4 is 14.4 Å². The van der Waals surface area contributed by atoms with Crippen LogP contribution in [0.3, 0.4) is 0 Å². The SMILES string of the molecule is COc1cc(O)c(C2C3=CCC4C(=O)N(C(C)(C)C)C(=O)C4C3CC3(Cl)C(=O)N(c4ccc(F)cc4)C(=O)C23Cl)c(OC)c1. The van der Waals surface area contributed by atoms with Gasteiger partial charge < -0.3 is 14.6 Å². The second kappa shape index (κ2) is 9.94. The number of amides is 4. The molecule has 2 aliphatic carbocycles. The highest BCUT2D eigenvalue weighted by Crippen LogP contribution is 2.67. The van der Waals surface area contributed by atoms with E-state index < -0.39 is 62.5 Å². The Balaban J connectivity index is 1.61. The Hall–Kier alpha value is -3.63. The number of hydrogen-bond donors (Lipinski definition) is 1. The molecule has 2 aromatic carbocycles. The Morgan fingerprint density at radius 2 is 1.61 bits per heavy atom. The summed E-state index contributed by atoms with van der Waals surface area (Å²) in [5.74, 6) is -6.63. The van der Waals surface area contributed by atoms with Crippen molar-refractivity contribution in [2.45, 2.75) is 54.8 Å². The van der Waals surface area contributed by atoms with E-state index >= 15 is 0 Å². The normalized spacial score (nSPS) is 31.5. The van der Waals surface area contributed by atoms with Crippen LogP contribution in [0, 0.1) is 23.6 Å². The minimum Gasteiger partial charge on any atom is -0.507 e. The van der Waals surface area contributed by atoms with Crippen LogP contribution >= 0.6 is 23.2 Å². The summed E-state index contributed by atoms with van der Waals surface area (Å²) in [6.07, 6.45) is 1.71. The number of methoxy groups -OCH3 is 2. The van der Waals surface area contributed by atoms with Crippen molar-refractivity contribution >= 4 is 52.5 Å². The zero-order valence-corrected chi connectivity index (χ0v) is 26.2. The highest BCUT2D eigenvalue weighted by molar-refractivity contribution is 6.58. The lowest BCUT2D eigenvalue weighted by atomic mass is 9.56. The molecule has 4 aliphatic rings. The number of phenolic OH excluding ortho intramolecular Hbond substituents is 1. The van der Waals surface area contributed by atoms with Gasteiger partial charge in [0, 0.05) is 29.2 Å². The van der Waals surface area contributed by atoms with Gasteiger partial charge >= 0.3 is 0 Å². The quantitative estimate of drug-likeness (QED) is 0.286. The number of carbonyl (C=O) groups is 4. The van der Waals surface area contributed by atoms with Gasteiger partial charge in [0.25, 0.3) is 11.8 Å². The van der Waals surface area contributed by atoms with E-state index in [-0.39, 0.29) is 47.2 Å². The Kier molecular flexibility index (Phi) is 6.87. The molecule has 3 fully saturated rings. The standard InChI is InChI=1S/C32H31Cl2FN2O7/c1-30(2,3)37-26(39)19-11-10-18-20(23(19)27(37)40)14-31(33)28(41)36(16-8-6-15(35)7-9-16)29(42)32(31,34)25(18)24-21(38)12-17(43-4)13-22(24)44-5/h6-10,12-13,19-20,23,25,38H,11,14H2,1-5H3. The monoisotopic (exact) mass is 644 g/mol. The third-order valence-corrected chi connectivity index (χ3v) is 10.8. The first-order chi connectivity index (χ1) is 20.6. The zero-order valence-electron chi connectivity index (χ0n) is 24.7. The number of carbonyl (C=O) groups excluding carboxylic acids is 4. The fourth-order valence-corrected chi connectivity index (χ4v) is 8.46. The number of benzene rings is 2. The lowest BCUT2D eigenvalue weighted by Crippen LogP contribution is -2.60. The van der Waals surface area contributed by atoms with Crippen LogP contribution in [0.15, 0.2) is 48.0 Å². The summed E-state index contributed by atoms with van der Waals surface area (Å²) in [5, 5.41) is 11.4. The first kappa shape index (κ1) is 30.4. The summed E-state index contributed by atoms with van der Waals surface area (Å²) in [6, 6.07) is 7.58. The number of fused-ring (bicyclic) bond motifs is 4. The molecule has 0 aromatic heterocycles. The number of likely N-dealkylation sites (tertiary alicyclic amines) is 1. The molecule has 2 heterocycles. The summed E-state index contributed by atoms with van der Waals surface area (Å²) in [7, 11) is 2.77. The van der Waals surface area contributed by atoms with Gasteiger partial charge in [-0.2, -0.15) is 0 Å². The van der Waals surface area contributed by atoms with Crippen molar-refractivity contribution in [2.24, 2.45) is 17.8 Å². The third-order valence-electron chi connectivity index (χ3n) is 9.40. The molecule has 6 atom stereocenters. The van der Waals surface area contributed by atoms with Gasteiger partial charge in [0.1, 0.15) is 23.1 Å². The van der Waals surface area contributed by atoms with Crippen molar-refractivity contribution < 1.29 is 38.1 Å². The number of halogens is 3. The summed E-state index contributed by atoms with van der Waals surface area (Å²) in [4.78, 5) is 54.1. The number of phenols is 1. The Morgan fingerprint density at radius 1 is 0.955 bits per heavy atom. The van der Waals surface area contributed by atoms with E-state index in [9.17, 15) is 28.7 Å². The van der Waals surface area contributed by atoms with E-state index in [2.05, 4.69) is 0 Å². The topological polar surface area (TPSA) is 113 Å². The van der Waals surface area contributed by atoms with Gasteiger partial charge in [-0.05, 0) is 63.8 Å². The Morgan fingerprint density at radius 3 is 2.20 bits per heavy atom. The van der Waals surface area contributed by atoms with Crippen LogP contribution in [-0.2, 0) is 19.2 Å². The fourth-order valence-electron chi connectivity index (χ4n) is 7.54. The van der Waals surface area contributed by atoms with E-state index in [1.54, 1.807) is 26.8 Å². The van der Waals surface area contributed by atoms with Crippen molar-refractivity contribution in [2.75, 3.05) is 19.1 Å². The Bertz CT molecular complexity index is 1650. The summed E-state index contributed by atoms with van der Waals surface area (Å²) < 4.78 is 24.8. The number of imide groups is 2. The average molecular weight is 646 g/mol. The summed E-state index contributed by atoms with van der Waals surface area (Å²) in [6.45, 7) is 5.31. The molecule has 0 bridgehead atoms. The number of hydrogen-bond acceptors (Lipinski definition) is 7. The molecule has 6 rings (SSSR count). The van der Waals surface area contributed by atoms with E-state index in [0.29, 0.717) is 5.57 Å². The van der Waals surface area contributed by atoms with Crippen LogP contribution in [0.1, 0.15) is 45.1 Å². The summed E-state index contributed by atoms with van der Waals surface area (Å²) in [5.41, 5.74) is -0.170. The van der Waals surface area contributed by atoms with Gasteiger partial charge in [0.05, 0.1) is 31.7 Å². The second-order valence-corrected chi connectivity index (χ2v) is 13.9. The van der Waals surface area contributed by atoms with Crippen LogP contribution in [0.5, 0.6) is 17.2 Å². The highest BCUT2D eigenvalue weighted by Gasteiger charge is 2.77. The third kappa shape index (κ3) is 3.89. The van der Waals surface area contributed by atoms with Crippen LogP contribution in [-0.4, -0.2) is 63.1 Å². The van der Waals surface area contributed by atoms with Crippen molar-refractivity contribution in [3.05, 3.63) is 59.4 Å². The van der Waals surface area contributed by atoms with Crippen LogP contribution in [0.2, 0.25) is 0 Å². The smallest absolute Gasteiger partial charge is 0.258 e. The van der Waals surface area contributed by atoms with E-state index in [1.807, 2.05) is 0 Å². The van der Waals surface area contributed by atoms with Crippen molar-refractivity contribution in [3.63, 3.8) is 0 Å². The molecule has 0 radical (unpaired) electrons.